The summed E-state index contributed by atoms with van der Waals surface area (Å²) in [6.07, 6.45) is 1.07. The minimum absolute atomic E-state index is 0.0220. The van der Waals surface area contributed by atoms with Crippen LogP contribution in [-0.4, -0.2) is 5.54 Å². The maximum Gasteiger partial charge on any atom is 0.0203 e. The molecule has 0 aromatic heterocycles. The maximum atomic E-state index is 6.38. The number of hydrogen-bond donors (Lipinski definition) is 1. The fourth-order valence-corrected chi connectivity index (χ4v) is 1.88. The van der Waals surface area contributed by atoms with E-state index >= 15 is 0 Å². The van der Waals surface area contributed by atoms with E-state index in [-0.39, 0.29) is 5.54 Å². The van der Waals surface area contributed by atoms with Gasteiger partial charge in [0.15, 0.2) is 0 Å². The number of rotatable bonds is 4. The van der Waals surface area contributed by atoms with Crippen molar-refractivity contribution in [3.63, 3.8) is 0 Å². The first-order valence-corrected chi connectivity index (χ1v) is 5.15. The molecule has 1 nitrogen and oxygen atoms in total. The van der Waals surface area contributed by atoms with Crippen LogP contribution in [0.15, 0.2) is 0 Å². The summed E-state index contributed by atoms with van der Waals surface area (Å²) >= 11 is 0. The summed E-state index contributed by atoms with van der Waals surface area (Å²) in [4.78, 5) is 0. The second-order valence-corrected chi connectivity index (χ2v) is 4.65. The lowest BCUT2D eigenvalue weighted by atomic mass is 9.70. The van der Waals surface area contributed by atoms with Crippen molar-refractivity contribution in [3.05, 3.63) is 0 Å². The van der Waals surface area contributed by atoms with Gasteiger partial charge in [-0.05, 0) is 24.2 Å². The minimum Gasteiger partial charge on any atom is -0.325 e. The fourth-order valence-electron chi connectivity index (χ4n) is 1.88. The monoisotopic (exact) mass is 171 g/mol. The van der Waals surface area contributed by atoms with Gasteiger partial charge in [0.1, 0.15) is 0 Å². The molecule has 0 aliphatic carbocycles. The zero-order chi connectivity index (χ0) is 9.94. The Labute approximate surface area is 77.7 Å². The molecule has 0 radical (unpaired) electrons. The highest BCUT2D eigenvalue weighted by atomic mass is 14.8. The number of nitrogens with two attached hydrogens (primary N) is 1. The van der Waals surface area contributed by atoms with Gasteiger partial charge in [-0.15, -0.1) is 0 Å². The second-order valence-electron chi connectivity index (χ2n) is 4.65. The first-order valence-electron chi connectivity index (χ1n) is 5.15. The van der Waals surface area contributed by atoms with Crippen LogP contribution >= 0.6 is 0 Å². The van der Waals surface area contributed by atoms with Gasteiger partial charge in [-0.25, -0.2) is 0 Å². The molecule has 0 heterocycles. The zero-order valence-corrected chi connectivity index (χ0v) is 9.52. The van der Waals surface area contributed by atoms with Crippen molar-refractivity contribution >= 4 is 0 Å². The van der Waals surface area contributed by atoms with Crippen molar-refractivity contribution in [2.75, 3.05) is 0 Å². The molecule has 0 amide bonds. The van der Waals surface area contributed by atoms with Crippen molar-refractivity contribution in [2.45, 2.75) is 53.5 Å². The molecule has 0 aliphatic heterocycles. The van der Waals surface area contributed by atoms with Gasteiger partial charge >= 0.3 is 0 Å². The summed E-state index contributed by atoms with van der Waals surface area (Å²) in [6, 6.07) is 0. The second kappa shape index (κ2) is 4.27. The molecule has 0 aromatic rings. The standard InChI is InChI=1S/C11H25N/c1-7-11(12,9(4)5)10(6)8(2)3/h8-10H,7,12H2,1-6H3. The summed E-state index contributed by atoms with van der Waals surface area (Å²) < 4.78 is 0. The van der Waals surface area contributed by atoms with Crippen LogP contribution in [0.25, 0.3) is 0 Å². The molecule has 0 bridgehead atoms. The van der Waals surface area contributed by atoms with Crippen molar-refractivity contribution in [1.82, 2.24) is 0 Å². The smallest absolute Gasteiger partial charge is 0.0203 e. The Bertz CT molecular complexity index is 129. The normalized spacial score (nSPS) is 19.8. The Balaban J connectivity index is 4.51. The predicted octanol–water partition coefficient (Wildman–Crippen LogP) is 3.04. The summed E-state index contributed by atoms with van der Waals surface area (Å²) in [7, 11) is 0. The molecule has 0 fully saturated rings. The lowest BCUT2D eigenvalue weighted by Gasteiger charge is -2.40. The van der Waals surface area contributed by atoms with E-state index in [0.717, 1.165) is 6.42 Å². The minimum atomic E-state index is 0.0220. The van der Waals surface area contributed by atoms with Crippen molar-refractivity contribution in [1.29, 1.82) is 0 Å². The van der Waals surface area contributed by atoms with Gasteiger partial charge in [-0.1, -0.05) is 41.5 Å². The van der Waals surface area contributed by atoms with E-state index in [4.69, 9.17) is 5.73 Å². The lowest BCUT2D eigenvalue weighted by Crippen LogP contribution is -2.51. The van der Waals surface area contributed by atoms with E-state index in [0.29, 0.717) is 17.8 Å². The molecule has 0 saturated heterocycles. The van der Waals surface area contributed by atoms with Gasteiger partial charge < -0.3 is 5.73 Å². The Hall–Kier alpha value is -0.0400. The average molecular weight is 171 g/mol. The van der Waals surface area contributed by atoms with Crippen molar-refractivity contribution < 1.29 is 0 Å². The quantitative estimate of drug-likeness (QED) is 0.691. The predicted molar refractivity (Wildman–Crippen MR) is 56.0 cm³/mol. The molecular formula is C11H25N. The largest absolute Gasteiger partial charge is 0.325 e. The van der Waals surface area contributed by atoms with Crippen LogP contribution in [0.4, 0.5) is 0 Å². The van der Waals surface area contributed by atoms with Gasteiger partial charge in [-0.3, -0.25) is 0 Å². The molecule has 2 unspecified atom stereocenters. The Morgan fingerprint density at radius 2 is 1.50 bits per heavy atom. The highest BCUT2D eigenvalue weighted by Gasteiger charge is 2.34. The number of hydrogen-bond acceptors (Lipinski definition) is 1. The van der Waals surface area contributed by atoms with E-state index in [2.05, 4.69) is 41.5 Å². The molecule has 0 spiro atoms. The van der Waals surface area contributed by atoms with E-state index < -0.39 is 0 Å². The molecule has 1 heteroatoms. The molecule has 0 saturated carbocycles. The molecule has 2 atom stereocenters. The van der Waals surface area contributed by atoms with E-state index in [1.807, 2.05) is 0 Å². The highest BCUT2D eigenvalue weighted by molar-refractivity contribution is 4.91. The molecule has 2 N–H and O–H groups in total. The van der Waals surface area contributed by atoms with Gasteiger partial charge in [0, 0.05) is 5.54 Å². The third kappa shape index (κ3) is 2.22. The van der Waals surface area contributed by atoms with Crippen LogP contribution < -0.4 is 5.73 Å². The van der Waals surface area contributed by atoms with Gasteiger partial charge in [0.2, 0.25) is 0 Å². The van der Waals surface area contributed by atoms with Crippen LogP contribution in [0, 0.1) is 17.8 Å². The highest BCUT2D eigenvalue weighted by Crippen LogP contribution is 2.31. The van der Waals surface area contributed by atoms with E-state index in [1.54, 1.807) is 0 Å². The summed E-state index contributed by atoms with van der Waals surface area (Å²) in [5, 5.41) is 0. The first-order chi connectivity index (χ1) is 5.36. The zero-order valence-electron chi connectivity index (χ0n) is 9.52. The van der Waals surface area contributed by atoms with Crippen LogP contribution in [-0.2, 0) is 0 Å². The first kappa shape index (κ1) is 12.0. The molecular weight excluding hydrogens is 146 g/mol. The third-order valence-corrected chi connectivity index (χ3v) is 3.54. The fraction of sp³-hybridized carbons (Fsp3) is 1.00. The van der Waals surface area contributed by atoms with Gasteiger partial charge in [-0.2, -0.15) is 0 Å². The molecule has 12 heavy (non-hydrogen) atoms. The van der Waals surface area contributed by atoms with Gasteiger partial charge in [0.25, 0.3) is 0 Å². The van der Waals surface area contributed by atoms with Crippen LogP contribution in [0.5, 0.6) is 0 Å². The molecule has 74 valence electrons. The lowest BCUT2D eigenvalue weighted by molar-refractivity contribution is 0.159. The molecule has 0 rings (SSSR count). The Morgan fingerprint density at radius 1 is 1.08 bits per heavy atom. The van der Waals surface area contributed by atoms with Crippen LogP contribution in [0.1, 0.15) is 48.0 Å². The van der Waals surface area contributed by atoms with E-state index in [1.165, 1.54) is 0 Å². The van der Waals surface area contributed by atoms with Crippen LogP contribution in [0.2, 0.25) is 0 Å². The Kier molecular flexibility index (Phi) is 4.25. The van der Waals surface area contributed by atoms with E-state index in [9.17, 15) is 0 Å². The van der Waals surface area contributed by atoms with Gasteiger partial charge in [0.05, 0.1) is 0 Å². The summed E-state index contributed by atoms with van der Waals surface area (Å²) in [6.45, 7) is 13.4. The van der Waals surface area contributed by atoms with Crippen LogP contribution in [0.3, 0.4) is 0 Å². The topological polar surface area (TPSA) is 26.0 Å². The Morgan fingerprint density at radius 3 is 1.58 bits per heavy atom. The third-order valence-electron chi connectivity index (χ3n) is 3.54. The maximum absolute atomic E-state index is 6.38. The summed E-state index contributed by atoms with van der Waals surface area (Å²) in [5.41, 5.74) is 6.41. The van der Waals surface area contributed by atoms with Crippen molar-refractivity contribution in [3.8, 4) is 0 Å². The van der Waals surface area contributed by atoms with Crippen molar-refractivity contribution in [2.24, 2.45) is 23.5 Å². The summed E-state index contributed by atoms with van der Waals surface area (Å²) in [5.74, 6) is 1.85. The average Bonchev–Trinajstić information content (AvgIpc) is 2.01. The molecule has 0 aromatic carbocycles. The SMILES string of the molecule is CCC(N)(C(C)C)C(C)C(C)C. The molecule has 0 aliphatic rings.